The highest BCUT2D eigenvalue weighted by molar-refractivity contribution is 9.10. The van der Waals surface area contributed by atoms with Gasteiger partial charge in [-0.1, -0.05) is 34.1 Å². The molecule has 0 saturated heterocycles. The molecule has 0 fully saturated rings. The van der Waals surface area contributed by atoms with E-state index in [1.807, 2.05) is 12.1 Å². The molecule has 0 saturated carbocycles. The van der Waals surface area contributed by atoms with E-state index in [-0.39, 0.29) is 5.56 Å². The van der Waals surface area contributed by atoms with Crippen LogP contribution in [0.3, 0.4) is 0 Å². The lowest BCUT2D eigenvalue weighted by Crippen LogP contribution is -2.15. The van der Waals surface area contributed by atoms with Gasteiger partial charge in [-0.3, -0.25) is 0 Å². The molecule has 0 spiro atoms. The van der Waals surface area contributed by atoms with Gasteiger partial charge in [0.25, 0.3) is 0 Å². The second-order valence-corrected chi connectivity index (χ2v) is 7.07. The Hall–Kier alpha value is -1.46. The number of thioether (sulfide) groups is 1. The molecule has 1 atom stereocenters. The highest BCUT2D eigenvalue weighted by atomic mass is 79.9. The van der Waals surface area contributed by atoms with Crippen molar-refractivity contribution >= 4 is 33.7 Å². The second kappa shape index (κ2) is 6.12. The predicted molar refractivity (Wildman–Crippen MR) is 86.4 cm³/mol. The number of rotatable bonds is 4. The molecule has 0 bridgehead atoms. The first-order valence-electron chi connectivity index (χ1n) is 6.53. The fraction of sp³-hybridized carbons (Fsp3) is 0.188. The van der Waals surface area contributed by atoms with Gasteiger partial charge in [-0.05, 0) is 36.2 Å². The van der Waals surface area contributed by atoms with Crippen LogP contribution in [0.4, 0.5) is 0 Å². The van der Waals surface area contributed by atoms with Gasteiger partial charge in [0.2, 0.25) is 0 Å². The topological polar surface area (TPSA) is 46.5 Å². The lowest BCUT2D eigenvalue weighted by Gasteiger charge is -2.13. The predicted octanol–water partition coefficient (Wildman–Crippen LogP) is 4.24. The van der Waals surface area contributed by atoms with Crippen LogP contribution in [0.2, 0.25) is 0 Å². The monoisotopic (exact) mass is 364 g/mol. The maximum absolute atomic E-state index is 11.2. The van der Waals surface area contributed by atoms with Gasteiger partial charge in [-0.25, -0.2) is 4.79 Å². The summed E-state index contributed by atoms with van der Waals surface area (Å²) in [5.74, 6) is -0.559. The summed E-state index contributed by atoms with van der Waals surface area (Å²) >= 11 is 5.07. The molecule has 2 aromatic carbocycles. The van der Waals surface area contributed by atoms with Crippen molar-refractivity contribution in [3.63, 3.8) is 0 Å². The van der Waals surface area contributed by atoms with Crippen molar-refractivity contribution in [2.24, 2.45) is 0 Å². The number of carboxylic acid groups (broad SMARTS) is 1. The van der Waals surface area contributed by atoms with Gasteiger partial charge < -0.3 is 9.84 Å². The molecule has 3 nitrogen and oxygen atoms in total. The molecular formula is C16H13BrO3S. The lowest BCUT2D eigenvalue weighted by molar-refractivity contribution is 0.0692. The Morgan fingerprint density at radius 2 is 2.14 bits per heavy atom. The van der Waals surface area contributed by atoms with Crippen molar-refractivity contribution in [3.8, 4) is 5.75 Å². The Kier molecular flexibility index (Phi) is 4.22. The van der Waals surface area contributed by atoms with Crippen molar-refractivity contribution in [2.75, 3.05) is 6.61 Å². The normalized spacial score (nSPS) is 16.5. The van der Waals surface area contributed by atoms with E-state index in [1.165, 1.54) is 10.5 Å². The van der Waals surface area contributed by atoms with Gasteiger partial charge in [0.05, 0.1) is 0 Å². The summed E-state index contributed by atoms with van der Waals surface area (Å²) in [6.45, 7) is 0.501. The molecule has 1 unspecified atom stereocenters. The van der Waals surface area contributed by atoms with Crippen LogP contribution in [0.5, 0.6) is 5.75 Å². The number of hydrogen-bond acceptors (Lipinski definition) is 3. The van der Waals surface area contributed by atoms with Gasteiger partial charge in [-0.15, -0.1) is 11.8 Å². The second-order valence-electron chi connectivity index (χ2n) is 4.81. The Labute approximate surface area is 135 Å². The molecule has 1 N–H and O–H groups in total. The third-order valence-corrected chi connectivity index (χ3v) is 5.09. The van der Waals surface area contributed by atoms with Crippen molar-refractivity contribution in [1.82, 2.24) is 0 Å². The van der Waals surface area contributed by atoms with Crippen LogP contribution in [0.1, 0.15) is 15.9 Å². The number of halogens is 1. The average Bonchev–Trinajstić information content (AvgIpc) is 2.88. The number of fused-ring (bicyclic) bond motifs is 1. The van der Waals surface area contributed by atoms with Crippen LogP contribution in [-0.2, 0) is 6.42 Å². The van der Waals surface area contributed by atoms with Crippen LogP contribution in [0, 0.1) is 0 Å². The zero-order valence-corrected chi connectivity index (χ0v) is 13.5. The fourth-order valence-corrected chi connectivity index (χ4v) is 3.90. The maximum Gasteiger partial charge on any atom is 0.339 e. The number of aromatic carboxylic acids is 1. The average molecular weight is 365 g/mol. The molecule has 21 heavy (non-hydrogen) atoms. The molecule has 1 aliphatic rings. The van der Waals surface area contributed by atoms with E-state index in [4.69, 9.17) is 4.74 Å². The standard InChI is InChI=1S/C16H13BrO3S/c17-11-5-6-14(13(8-11)16(18)19)20-9-12-7-10-3-1-2-4-15(10)21-12/h1-6,8,12H,7,9H2,(H,18,19). The molecule has 108 valence electrons. The Balaban J connectivity index is 1.68. The minimum Gasteiger partial charge on any atom is -0.492 e. The van der Waals surface area contributed by atoms with Crippen LogP contribution < -0.4 is 4.74 Å². The summed E-state index contributed by atoms with van der Waals surface area (Å²) in [5.41, 5.74) is 1.52. The first-order chi connectivity index (χ1) is 10.1. The first-order valence-corrected chi connectivity index (χ1v) is 8.21. The first kappa shape index (κ1) is 14.5. The highest BCUT2D eigenvalue weighted by Gasteiger charge is 2.23. The molecule has 1 heterocycles. The molecule has 2 aromatic rings. The molecule has 0 amide bonds. The molecule has 5 heteroatoms. The molecule has 0 aromatic heterocycles. The summed E-state index contributed by atoms with van der Waals surface area (Å²) in [5, 5.41) is 9.54. The van der Waals surface area contributed by atoms with Crippen LogP contribution >= 0.6 is 27.7 Å². The summed E-state index contributed by atoms with van der Waals surface area (Å²) in [4.78, 5) is 12.5. The highest BCUT2D eigenvalue weighted by Crippen LogP contribution is 2.37. The SMILES string of the molecule is O=C(O)c1cc(Br)ccc1OCC1Cc2ccccc2S1. The van der Waals surface area contributed by atoms with E-state index in [2.05, 4.69) is 28.1 Å². The maximum atomic E-state index is 11.2. The number of carbonyl (C=O) groups is 1. The van der Waals surface area contributed by atoms with E-state index >= 15 is 0 Å². The van der Waals surface area contributed by atoms with E-state index in [1.54, 1.807) is 30.0 Å². The number of carboxylic acids is 1. The van der Waals surface area contributed by atoms with Crippen LogP contribution in [0.15, 0.2) is 51.8 Å². The van der Waals surface area contributed by atoms with Gasteiger partial charge >= 0.3 is 5.97 Å². The smallest absolute Gasteiger partial charge is 0.339 e. The zero-order chi connectivity index (χ0) is 14.8. The minimum absolute atomic E-state index is 0.185. The Morgan fingerprint density at radius 3 is 2.90 bits per heavy atom. The Bertz CT molecular complexity index is 662. The largest absolute Gasteiger partial charge is 0.492 e. The minimum atomic E-state index is -0.978. The molecule has 0 radical (unpaired) electrons. The van der Waals surface area contributed by atoms with Gasteiger partial charge in [0.15, 0.2) is 0 Å². The van der Waals surface area contributed by atoms with E-state index in [0.717, 1.165) is 10.9 Å². The quantitative estimate of drug-likeness (QED) is 0.880. The van der Waals surface area contributed by atoms with Gasteiger partial charge in [-0.2, -0.15) is 0 Å². The fourth-order valence-electron chi connectivity index (χ4n) is 2.32. The van der Waals surface area contributed by atoms with Crippen LogP contribution in [-0.4, -0.2) is 22.9 Å². The summed E-state index contributed by atoms with van der Waals surface area (Å²) in [6.07, 6.45) is 0.958. The van der Waals surface area contributed by atoms with E-state index in [9.17, 15) is 9.90 Å². The molecule has 3 rings (SSSR count). The van der Waals surface area contributed by atoms with Crippen molar-refractivity contribution in [2.45, 2.75) is 16.6 Å². The molecular weight excluding hydrogens is 352 g/mol. The lowest BCUT2D eigenvalue weighted by atomic mass is 10.1. The molecule has 1 aliphatic heterocycles. The molecule has 0 aliphatic carbocycles. The Morgan fingerprint density at radius 1 is 1.33 bits per heavy atom. The third kappa shape index (κ3) is 3.24. The van der Waals surface area contributed by atoms with Crippen molar-refractivity contribution in [3.05, 3.63) is 58.1 Å². The van der Waals surface area contributed by atoms with Crippen LogP contribution in [0.25, 0.3) is 0 Å². The van der Waals surface area contributed by atoms with Gasteiger partial charge in [0, 0.05) is 14.6 Å². The third-order valence-electron chi connectivity index (χ3n) is 3.31. The number of ether oxygens (including phenoxy) is 1. The summed E-state index contributed by atoms with van der Waals surface area (Å²) < 4.78 is 6.48. The van der Waals surface area contributed by atoms with Crippen molar-refractivity contribution in [1.29, 1.82) is 0 Å². The summed E-state index contributed by atoms with van der Waals surface area (Å²) in [7, 11) is 0. The van der Waals surface area contributed by atoms with E-state index in [0.29, 0.717) is 17.6 Å². The zero-order valence-electron chi connectivity index (χ0n) is 11.1. The summed E-state index contributed by atoms with van der Waals surface area (Å²) in [6, 6.07) is 13.4. The number of benzene rings is 2. The van der Waals surface area contributed by atoms with E-state index < -0.39 is 5.97 Å². The number of hydrogen-bond donors (Lipinski definition) is 1. The van der Waals surface area contributed by atoms with Crippen molar-refractivity contribution < 1.29 is 14.6 Å². The van der Waals surface area contributed by atoms with Gasteiger partial charge in [0.1, 0.15) is 17.9 Å².